The first-order chi connectivity index (χ1) is 11.4. The SMILES string of the molecule is Cc1[nH][n+](-c2ccccc2)c2nc(NCCO)cc(C(F)(F)F)c12. The zero-order chi connectivity index (χ0) is 17.3. The third-order valence-corrected chi connectivity index (χ3v) is 3.60. The molecule has 0 aliphatic carbocycles. The van der Waals surface area contributed by atoms with Crippen LogP contribution in [0.4, 0.5) is 19.0 Å². The molecule has 5 nitrogen and oxygen atoms in total. The van der Waals surface area contributed by atoms with Gasteiger partial charge in [0.2, 0.25) is 5.82 Å². The van der Waals surface area contributed by atoms with Crippen LogP contribution in [0.25, 0.3) is 16.7 Å². The molecule has 3 aromatic rings. The number of halogens is 3. The van der Waals surface area contributed by atoms with Crippen molar-refractivity contribution in [3.05, 3.63) is 47.7 Å². The molecule has 8 heteroatoms. The first-order valence-electron chi connectivity index (χ1n) is 7.34. The van der Waals surface area contributed by atoms with E-state index in [2.05, 4.69) is 15.4 Å². The van der Waals surface area contributed by atoms with Crippen molar-refractivity contribution in [2.24, 2.45) is 0 Å². The number of anilines is 1. The molecular formula is C16H16F3N4O+. The number of benzene rings is 1. The maximum absolute atomic E-state index is 13.5. The summed E-state index contributed by atoms with van der Waals surface area (Å²) in [5.74, 6) is 0.0626. The molecule has 3 N–H and O–H groups in total. The standard InChI is InChI=1S/C16H15F3N4O/c1-10-14-12(16(17,18)19)9-13(20-7-8-24)21-15(14)23(22-10)11-5-3-2-4-6-11/h2-6,9,24H,7-8H2,1H3,(H,20,21,22)/p+1. The second-order valence-corrected chi connectivity index (χ2v) is 5.31. The summed E-state index contributed by atoms with van der Waals surface area (Å²) in [5.41, 5.74) is 0.461. The fourth-order valence-electron chi connectivity index (χ4n) is 2.60. The molecule has 0 aliphatic rings. The highest BCUT2D eigenvalue weighted by Gasteiger charge is 2.38. The van der Waals surface area contributed by atoms with Gasteiger partial charge in [0.25, 0.3) is 0 Å². The topological polar surface area (TPSA) is 64.8 Å². The van der Waals surface area contributed by atoms with Gasteiger partial charge in [-0.1, -0.05) is 18.2 Å². The number of para-hydroxylation sites is 1. The summed E-state index contributed by atoms with van der Waals surface area (Å²) in [4.78, 5) is 4.29. The van der Waals surface area contributed by atoms with Crippen LogP contribution in [0.1, 0.15) is 11.3 Å². The molecule has 0 unspecified atom stereocenters. The largest absolute Gasteiger partial charge is 0.417 e. The van der Waals surface area contributed by atoms with E-state index in [0.29, 0.717) is 11.4 Å². The molecule has 2 heterocycles. The number of nitrogens with one attached hydrogen (secondary N) is 2. The number of aliphatic hydroxyl groups excluding tert-OH is 1. The Balaban J connectivity index is 2.29. The average molecular weight is 337 g/mol. The first-order valence-corrected chi connectivity index (χ1v) is 7.34. The molecule has 0 saturated carbocycles. The maximum Gasteiger partial charge on any atom is 0.417 e. The quantitative estimate of drug-likeness (QED) is 0.641. The van der Waals surface area contributed by atoms with Crippen molar-refractivity contribution in [2.45, 2.75) is 13.1 Å². The molecule has 0 spiro atoms. The van der Waals surface area contributed by atoms with E-state index in [-0.39, 0.29) is 30.0 Å². The number of aromatic nitrogens is 3. The number of nitrogens with zero attached hydrogens (tertiary/aromatic N) is 2. The van der Waals surface area contributed by atoms with Crippen LogP contribution in [-0.4, -0.2) is 28.3 Å². The molecule has 126 valence electrons. The Morgan fingerprint density at radius 2 is 1.96 bits per heavy atom. The van der Waals surface area contributed by atoms with Crippen LogP contribution in [0.5, 0.6) is 0 Å². The Labute approximate surface area is 135 Å². The minimum Gasteiger partial charge on any atom is -0.395 e. The van der Waals surface area contributed by atoms with E-state index in [1.54, 1.807) is 31.2 Å². The van der Waals surface area contributed by atoms with Crippen molar-refractivity contribution >= 4 is 16.9 Å². The van der Waals surface area contributed by atoms with Crippen LogP contribution in [-0.2, 0) is 6.18 Å². The molecule has 0 bridgehead atoms. The molecule has 0 aliphatic heterocycles. The number of pyridine rings is 1. The maximum atomic E-state index is 13.5. The number of H-pyrrole nitrogens is 1. The molecular weight excluding hydrogens is 321 g/mol. The molecule has 24 heavy (non-hydrogen) atoms. The highest BCUT2D eigenvalue weighted by atomic mass is 19.4. The van der Waals surface area contributed by atoms with Gasteiger partial charge in [0, 0.05) is 12.6 Å². The van der Waals surface area contributed by atoms with Crippen molar-refractivity contribution < 1.29 is 23.0 Å². The third kappa shape index (κ3) is 2.92. The summed E-state index contributed by atoms with van der Waals surface area (Å²) >= 11 is 0. The van der Waals surface area contributed by atoms with E-state index in [9.17, 15) is 13.2 Å². The van der Waals surface area contributed by atoms with Gasteiger partial charge in [0.05, 0.1) is 17.9 Å². The van der Waals surface area contributed by atoms with Crippen LogP contribution in [0.2, 0.25) is 0 Å². The molecule has 1 aromatic carbocycles. The van der Waals surface area contributed by atoms with Crippen LogP contribution >= 0.6 is 0 Å². The highest BCUT2D eigenvalue weighted by Crippen LogP contribution is 2.36. The Kier molecular flexibility index (Phi) is 4.15. The first kappa shape index (κ1) is 16.3. The van der Waals surface area contributed by atoms with Crippen molar-refractivity contribution in [2.75, 3.05) is 18.5 Å². The molecule has 0 atom stereocenters. The van der Waals surface area contributed by atoms with Gasteiger partial charge in [-0.3, -0.25) is 0 Å². The van der Waals surface area contributed by atoms with Crippen LogP contribution in [0.3, 0.4) is 0 Å². The molecule has 0 radical (unpaired) electrons. The summed E-state index contributed by atoms with van der Waals surface area (Å²) in [6, 6.07) is 9.93. The van der Waals surface area contributed by atoms with Crippen molar-refractivity contribution in [3.63, 3.8) is 0 Å². The van der Waals surface area contributed by atoms with Crippen molar-refractivity contribution in [1.82, 2.24) is 10.1 Å². The zero-order valence-corrected chi connectivity index (χ0v) is 12.9. The molecule has 0 saturated heterocycles. The van der Waals surface area contributed by atoms with Gasteiger partial charge in [-0.25, -0.2) is 5.10 Å². The van der Waals surface area contributed by atoms with E-state index in [0.717, 1.165) is 6.07 Å². The minimum atomic E-state index is -4.52. The third-order valence-electron chi connectivity index (χ3n) is 3.60. The fourth-order valence-corrected chi connectivity index (χ4v) is 2.60. The number of rotatable bonds is 4. The molecule has 2 aromatic heterocycles. The number of aromatic amines is 1. The number of fused-ring (bicyclic) bond motifs is 1. The van der Waals surface area contributed by atoms with E-state index >= 15 is 0 Å². The van der Waals surface area contributed by atoms with E-state index < -0.39 is 11.7 Å². The number of alkyl halides is 3. The van der Waals surface area contributed by atoms with Gasteiger partial charge in [0.1, 0.15) is 5.39 Å². The lowest BCUT2D eigenvalue weighted by Crippen LogP contribution is -2.34. The lowest BCUT2D eigenvalue weighted by atomic mass is 10.1. The zero-order valence-electron chi connectivity index (χ0n) is 12.9. The Hall–Kier alpha value is -2.61. The van der Waals surface area contributed by atoms with Gasteiger partial charge in [-0.05, 0) is 24.0 Å². The number of aryl methyl sites for hydroxylation is 1. The predicted octanol–water partition coefficient (Wildman–Crippen LogP) is 2.57. The monoisotopic (exact) mass is 337 g/mol. The summed E-state index contributed by atoms with van der Waals surface area (Å²) < 4.78 is 42.0. The predicted molar refractivity (Wildman–Crippen MR) is 82.9 cm³/mol. The molecule has 3 rings (SSSR count). The average Bonchev–Trinajstić information content (AvgIpc) is 2.89. The normalized spacial score (nSPS) is 11.9. The van der Waals surface area contributed by atoms with Gasteiger partial charge in [-0.2, -0.15) is 13.2 Å². The van der Waals surface area contributed by atoms with Gasteiger partial charge >= 0.3 is 11.8 Å². The Morgan fingerprint density at radius 1 is 1.25 bits per heavy atom. The smallest absolute Gasteiger partial charge is 0.395 e. The van der Waals surface area contributed by atoms with Crippen LogP contribution < -0.4 is 10.00 Å². The minimum absolute atomic E-state index is 0.0286. The highest BCUT2D eigenvalue weighted by molar-refractivity contribution is 5.82. The van der Waals surface area contributed by atoms with Crippen molar-refractivity contribution in [3.8, 4) is 5.69 Å². The summed E-state index contributed by atoms with van der Waals surface area (Å²) in [6.07, 6.45) is -4.52. The number of aliphatic hydroxyl groups is 1. The van der Waals surface area contributed by atoms with E-state index in [1.165, 1.54) is 4.68 Å². The summed E-state index contributed by atoms with van der Waals surface area (Å²) in [6.45, 7) is 1.50. The Bertz CT molecular complexity index is 859. The van der Waals surface area contributed by atoms with E-state index in [1.807, 2.05) is 6.07 Å². The van der Waals surface area contributed by atoms with Gasteiger partial charge in [0.15, 0.2) is 5.69 Å². The lowest BCUT2D eigenvalue weighted by Gasteiger charge is -2.08. The van der Waals surface area contributed by atoms with Crippen LogP contribution in [0, 0.1) is 6.92 Å². The Morgan fingerprint density at radius 3 is 2.58 bits per heavy atom. The van der Waals surface area contributed by atoms with Gasteiger partial charge in [-0.15, -0.1) is 4.68 Å². The van der Waals surface area contributed by atoms with Crippen molar-refractivity contribution in [1.29, 1.82) is 0 Å². The second kappa shape index (κ2) is 6.12. The van der Waals surface area contributed by atoms with E-state index in [4.69, 9.17) is 5.11 Å². The molecule has 0 fully saturated rings. The second-order valence-electron chi connectivity index (χ2n) is 5.31. The number of hydrogen-bond acceptors (Lipinski definition) is 3. The molecule has 0 amide bonds. The summed E-state index contributed by atoms with van der Waals surface area (Å²) in [5, 5.41) is 14.6. The van der Waals surface area contributed by atoms with Crippen LogP contribution in [0.15, 0.2) is 36.4 Å². The summed E-state index contributed by atoms with van der Waals surface area (Å²) in [7, 11) is 0. The lowest BCUT2D eigenvalue weighted by molar-refractivity contribution is -0.632. The van der Waals surface area contributed by atoms with Gasteiger partial charge < -0.3 is 10.4 Å². The fraction of sp³-hybridized carbons (Fsp3) is 0.250. The number of hydrogen-bond donors (Lipinski definition) is 3.